The Balaban J connectivity index is 1.71. The van der Waals surface area contributed by atoms with Gasteiger partial charge in [-0.25, -0.2) is 4.68 Å². The normalized spacial score (nSPS) is 10.6. The standard InChI is InChI=1S/C19H20N4O/c1-13-5-4-6-16(8-13)11-20-19(24)18-12-23(22-21-18)17-9-14(2)7-15(3)10-17/h4-10,12H,11H2,1-3H3,(H,20,24). The predicted octanol–water partition coefficient (Wildman–Crippen LogP) is 3.12. The molecule has 0 bridgehead atoms. The van der Waals surface area contributed by atoms with Crippen molar-refractivity contribution in [2.45, 2.75) is 27.3 Å². The maximum atomic E-state index is 12.3. The minimum Gasteiger partial charge on any atom is -0.347 e. The van der Waals surface area contributed by atoms with Crippen molar-refractivity contribution in [1.29, 1.82) is 0 Å². The molecule has 0 unspecified atom stereocenters. The van der Waals surface area contributed by atoms with Crippen molar-refractivity contribution in [3.8, 4) is 5.69 Å². The second-order valence-corrected chi connectivity index (χ2v) is 6.07. The van der Waals surface area contributed by atoms with Crippen LogP contribution >= 0.6 is 0 Å². The van der Waals surface area contributed by atoms with Gasteiger partial charge in [-0.05, 0) is 49.6 Å². The summed E-state index contributed by atoms with van der Waals surface area (Å²) in [5.74, 6) is -0.230. The van der Waals surface area contributed by atoms with Crippen molar-refractivity contribution in [3.63, 3.8) is 0 Å². The van der Waals surface area contributed by atoms with Crippen LogP contribution in [0.25, 0.3) is 5.69 Å². The lowest BCUT2D eigenvalue weighted by Crippen LogP contribution is -2.23. The molecular weight excluding hydrogens is 300 g/mol. The Morgan fingerprint density at radius 1 is 1.04 bits per heavy atom. The van der Waals surface area contributed by atoms with Crippen molar-refractivity contribution in [3.05, 3.63) is 76.6 Å². The lowest BCUT2D eigenvalue weighted by molar-refractivity contribution is 0.0946. The predicted molar refractivity (Wildman–Crippen MR) is 93.2 cm³/mol. The summed E-state index contributed by atoms with van der Waals surface area (Å²) in [6.45, 7) is 6.56. The molecule has 3 aromatic rings. The molecule has 0 aliphatic heterocycles. The van der Waals surface area contributed by atoms with Crippen molar-refractivity contribution in [1.82, 2.24) is 20.3 Å². The van der Waals surface area contributed by atoms with E-state index in [-0.39, 0.29) is 5.91 Å². The number of amides is 1. The molecule has 0 saturated heterocycles. The van der Waals surface area contributed by atoms with Gasteiger partial charge < -0.3 is 5.32 Å². The summed E-state index contributed by atoms with van der Waals surface area (Å²) in [5, 5.41) is 10.9. The molecule has 5 heteroatoms. The smallest absolute Gasteiger partial charge is 0.273 e. The summed E-state index contributed by atoms with van der Waals surface area (Å²) in [7, 11) is 0. The van der Waals surface area contributed by atoms with E-state index in [1.165, 1.54) is 5.56 Å². The molecular formula is C19H20N4O. The molecule has 0 aliphatic rings. The maximum Gasteiger partial charge on any atom is 0.273 e. The lowest BCUT2D eigenvalue weighted by atomic mass is 10.1. The average molecular weight is 320 g/mol. The molecule has 0 saturated carbocycles. The summed E-state index contributed by atoms with van der Waals surface area (Å²) in [6.07, 6.45) is 1.65. The van der Waals surface area contributed by atoms with Crippen LogP contribution in [0.1, 0.15) is 32.7 Å². The SMILES string of the molecule is Cc1cccc(CNC(=O)c2cn(-c3cc(C)cc(C)c3)nn2)c1. The number of nitrogens with zero attached hydrogens (tertiary/aromatic N) is 3. The molecule has 3 rings (SSSR count). The third kappa shape index (κ3) is 3.68. The van der Waals surface area contributed by atoms with Crippen LogP contribution < -0.4 is 5.32 Å². The number of benzene rings is 2. The third-order valence-corrected chi connectivity index (χ3v) is 3.73. The van der Waals surface area contributed by atoms with Gasteiger partial charge in [-0.2, -0.15) is 0 Å². The molecule has 0 aliphatic carbocycles. The topological polar surface area (TPSA) is 59.8 Å². The zero-order chi connectivity index (χ0) is 17.1. The molecule has 1 amide bonds. The van der Waals surface area contributed by atoms with E-state index in [1.807, 2.05) is 57.2 Å². The number of rotatable bonds is 4. The molecule has 0 atom stereocenters. The van der Waals surface area contributed by atoms with E-state index in [4.69, 9.17) is 0 Å². The van der Waals surface area contributed by atoms with Crippen LogP contribution in [0.3, 0.4) is 0 Å². The van der Waals surface area contributed by atoms with Crippen LogP contribution in [0.15, 0.2) is 48.7 Å². The Kier molecular flexibility index (Phi) is 4.42. The summed E-state index contributed by atoms with van der Waals surface area (Å²) in [4.78, 5) is 12.3. The fourth-order valence-electron chi connectivity index (χ4n) is 2.67. The van der Waals surface area contributed by atoms with Crippen LogP contribution in [-0.4, -0.2) is 20.9 Å². The van der Waals surface area contributed by atoms with Gasteiger partial charge in [-0.1, -0.05) is 41.1 Å². The highest BCUT2D eigenvalue weighted by atomic mass is 16.2. The van der Waals surface area contributed by atoms with E-state index in [2.05, 4.69) is 21.7 Å². The van der Waals surface area contributed by atoms with E-state index in [1.54, 1.807) is 10.9 Å². The zero-order valence-electron chi connectivity index (χ0n) is 14.1. The first-order valence-corrected chi connectivity index (χ1v) is 7.86. The van der Waals surface area contributed by atoms with Crippen LogP contribution in [-0.2, 0) is 6.54 Å². The first kappa shape index (κ1) is 15.9. The number of aryl methyl sites for hydroxylation is 3. The van der Waals surface area contributed by atoms with Gasteiger partial charge in [0.25, 0.3) is 5.91 Å². The van der Waals surface area contributed by atoms with E-state index < -0.39 is 0 Å². The molecule has 2 aromatic carbocycles. The van der Waals surface area contributed by atoms with Gasteiger partial charge in [0.1, 0.15) is 0 Å². The molecule has 1 heterocycles. The number of carbonyl (C=O) groups excluding carboxylic acids is 1. The first-order valence-electron chi connectivity index (χ1n) is 7.86. The van der Waals surface area contributed by atoms with E-state index >= 15 is 0 Å². The summed E-state index contributed by atoms with van der Waals surface area (Å²) >= 11 is 0. The van der Waals surface area contributed by atoms with Gasteiger partial charge in [-0.15, -0.1) is 5.10 Å². The number of aromatic nitrogens is 3. The third-order valence-electron chi connectivity index (χ3n) is 3.73. The molecule has 1 N–H and O–H groups in total. The van der Waals surface area contributed by atoms with E-state index in [0.29, 0.717) is 12.2 Å². The first-order chi connectivity index (χ1) is 11.5. The quantitative estimate of drug-likeness (QED) is 0.803. The summed E-state index contributed by atoms with van der Waals surface area (Å²) in [6, 6.07) is 14.2. The summed E-state index contributed by atoms with van der Waals surface area (Å²) in [5.41, 5.74) is 5.73. The zero-order valence-corrected chi connectivity index (χ0v) is 14.1. The Hall–Kier alpha value is -2.95. The van der Waals surface area contributed by atoms with Gasteiger partial charge in [0.05, 0.1) is 11.9 Å². The minimum atomic E-state index is -0.230. The van der Waals surface area contributed by atoms with Crippen molar-refractivity contribution in [2.75, 3.05) is 0 Å². The van der Waals surface area contributed by atoms with Gasteiger partial charge >= 0.3 is 0 Å². The number of hydrogen-bond donors (Lipinski definition) is 1. The van der Waals surface area contributed by atoms with E-state index in [9.17, 15) is 4.79 Å². The van der Waals surface area contributed by atoms with Gasteiger partial charge in [0.15, 0.2) is 5.69 Å². The van der Waals surface area contributed by atoms with Crippen LogP contribution in [0.4, 0.5) is 0 Å². The fraction of sp³-hybridized carbons (Fsp3) is 0.211. The van der Waals surface area contributed by atoms with Crippen LogP contribution in [0.2, 0.25) is 0 Å². The Morgan fingerprint density at radius 2 is 1.79 bits per heavy atom. The fourth-order valence-corrected chi connectivity index (χ4v) is 2.67. The van der Waals surface area contributed by atoms with Crippen LogP contribution in [0, 0.1) is 20.8 Å². The molecule has 5 nitrogen and oxygen atoms in total. The number of nitrogens with one attached hydrogen (secondary N) is 1. The van der Waals surface area contributed by atoms with Gasteiger partial charge in [0, 0.05) is 6.54 Å². The Labute approximate surface area is 141 Å². The largest absolute Gasteiger partial charge is 0.347 e. The lowest BCUT2D eigenvalue weighted by Gasteiger charge is -2.04. The molecule has 122 valence electrons. The van der Waals surface area contributed by atoms with Gasteiger partial charge in [0.2, 0.25) is 0 Å². The second-order valence-electron chi connectivity index (χ2n) is 6.07. The Morgan fingerprint density at radius 3 is 2.50 bits per heavy atom. The molecule has 24 heavy (non-hydrogen) atoms. The Bertz CT molecular complexity index is 862. The van der Waals surface area contributed by atoms with Crippen molar-refractivity contribution < 1.29 is 4.79 Å². The van der Waals surface area contributed by atoms with Crippen molar-refractivity contribution >= 4 is 5.91 Å². The monoisotopic (exact) mass is 320 g/mol. The second kappa shape index (κ2) is 6.66. The average Bonchev–Trinajstić information content (AvgIpc) is 3.02. The molecule has 0 radical (unpaired) electrons. The molecule has 1 aromatic heterocycles. The maximum absolute atomic E-state index is 12.3. The minimum absolute atomic E-state index is 0.230. The van der Waals surface area contributed by atoms with E-state index in [0.717, 1.165) is 22.4 Å². The highest BCUT2D eigenvalue weighted by molar-refractivity contribution is 5.91. The van der Waals surface area contributed by atoms with Crippen LogP contribution in [0.5, 0.6) is 0 Å². The highest BCUT2D eigenvalue weighted by Crippen LogP contribution is 2.13. The molecule has 0 fully saturated rings. The molecule has 0 spiro atoms. The van der Waals surface area contributed by atoms with Gasteiger partial charge in [-0.3, -0.25) is 4.79 Å². The van der Waals surface area contributed by atoms with Crippen molar-refractivity contribution in [2.24, 2.45) is 0 Å². The number of hydrogen-bond acceptors (Lipinski definition) is 3. The number of carbonyl (C=O) groups is 1. The summed E-state index contributed by atoms with van der Waals surface area (Å²) < 4.78 is 1.63. The highest BCUT2D eigenvalue weighted by Gasteiger charge is 2.11.